The van der Waals surface area contributed by atoms with Gasteiger partial charge in [-0.15, -0.1) is 0 Å². The van der Waals surface area contributed by atoms with E-state index >= 15 is 0 Å². The third-order valence-electron chi connectivity index (χ3n) is 11.1. The number of nitrogens with zero attached hydrogens (tertiary/aromatic N) is 4. The summed E-state index contributed by atoms with van der Waals surface area (Å²) in [4.78, 5) is 15.3. The van der Waals surface area contributed by atoms with Crippen LogP contribution in [-0.4, -0.2) is 19.5 Å². The average Bonchev–Trinajstić information content (AvgIpc) is 3.63. The molecule has 0 saturated heterocycles. The molecule has 0 aliphatic rings. The van der Waals surface area contributed by atoms with Gasteiger partial charge in [0.05, 0.1) is 11.0 Å². The van der Waals surface area contributed by atoms with E-state index in [1.54, 1.807) is 0 Å². The second kappa shape index (κ2) is 13.6. The minimum Gasteiger partial charge on any atom is -0.309 e. The molecule has 0 aliphatic heterocycles. The minimum absolute atomic E-state index is 0.640. The highest BCUT2D eigenvalue weighted by molar-refractivity contribution is 6.09. The molecule has 0 N–H and O–H groups in total. The highest BCUT2D eigenvalue weighted by atomic mass is 15.0. The van der Waals surface area contributed by atoms with E-state index in [0.29, 0.717) is 17.5 Å². The number of fused-ring (bicyclic) bond motifs is 5. The van der Waals surface area contributed by atoms with E-state index in [-0.39, 0.29) is 0 Å². The van der Waals surface area contributed by atoms with Crippen LogP contribution in [0.25, 0.3) is 105 Å². The van der Waals surface area contributed by atoms with Gasteiger partial charge in [0.15, 0.2) is 17.5 Å². The number of hydrogen-bond acceptors (Lipinski definition) is 3. The summed E-state index contributed by atoms with van der Waals surface area (Å²) in [6.45, 7) is 0. The molecule has 0 amide bonds. The Morgan fingerprint density at radius 3 is 1.39 bits per heavy atom. The number of aromatic nitrogens is 4. The molecule has 0 fully saturated rings. The third kappa shape index (κ3) is 5.74. The average molecular weight is 727 g/mol. The predicted octanol–water partition coefficient (Wildman–Crippen LogP) is 13.6. The Hall–Kier alpha value is -7.69. The first-order valence-electron chi connectivity index (χ1n) is 19.3. The number of benzene rings is 9. The molecular formula is C53H34N4. The fraction of sp³-hybridized carbons (Fsp3) is 0. The zero-order valence-corrected chi connectivity index (χ0v) is 30.9. The minimum atomic E-state index is 0.640. The molecule has 2 aromatic heterocycles. The maximum atomic E-state index is 5.17. The summed E-state index contributed by atoms with van der Waals surface area (Å²) in [5.74, 6) is 1.93. The van der Waals surface area contributed by atoms with Gasteiger partial charge in [0.2, 0.25) is 0 Å². The lowest BCUT2D eigenvalue weighted by Crippen LogP contribution is -2.00. The molecule has 0 spiro atoms. The van der Waals surface area contributed by atoms with Gasteiger partial charge in [0.25, 0.3) is 0 Å². The third-order valence-corrected chi connectivity index (χ3v) is 11.1. The summed E-state index contributed by atoms with van der Waals surface area (Å²) in [6, 6.07) is 72.9. The van der Waals surface area contributed by atoms with Crippen molar-refractivity contribution in [2.75, 3.05) is 0 Å². The van der Waals surface area contributed by atoms with Crippen LogP contribution in [0.2, 0.25) is 0 Å². The summed E-state index contributed by atoms with van der Waals surface area (Å²) < 4.78 is 2.36. The van der Waals surface area contributed by atoms with E-state index < -0.39 is 0 Å². The second-order valence-electron chi connectivity index (χ2n) is 14.4. The van der Waals surface area contributed by atoms with Gasteiger partial charge in [-0.3, -0.25) is 0 Å². The monoisotopic (exact) mass is 726 g/mol. The molecule has 0 saturated carbocycles. The highest BCUT2D eigenvalue weighted by Gasteiger charge is 2.17. The van der Waals surface area contributed by atoms with Crippen LogP contribution in [0.3, 0.4) is 0 Å². The maximum Gasteiger partial charge on any atom is 0.164 e. The van der Waals surface area contributed by atoms with Crippen molar-refractivity contribution in [1.29, 1.82) is 0 Å². The van der Waals surface area contributed by atoms with Crippen LogP contribution in [0.1, 0.15) is 0 Å². The normalized spacial score (nSPS) is 11.5. The molecular weight excluding hydrogens is 693 g/mol. The van der Waals surface area contributed by atoms with Crippen LogP contribution in [0.4, 0.5) is 0 Å². The fourth-order valence-corrected chi connectivity index (χ4v) is 8.27. The van der Waals surface area contributed by atoms with E-state index in [2.05, 4.69) is 193 Å². The summed E-state index contributed by atoms with van der Waals surface area (Å²) in [5.41, 5.74) is 11.1. The summed E-state index contributed by atoms with van der Waals surface area (Å²) in [5, 5.41) is 7.07. The van der Waals surface area contributed by atoms with Crippen LogP contribution in [0, 0.1) is 0 Å². The van der Waals surface area contributed by atoms with Crippen molar-refractivity contribution in [1.82, 2.24) is 19.5 Å². The quantitative estimate of drug-likeness (QED) is 0.171. The lowest BCUT2D eigenvalue weighted by Gasteiger charge is -2.13. The SMILES string of the molecule is c1ccc(-c2nc(-c3ccc4cc(-c5ccc(-n6c7ccccc7c7ccccc76)cc5)ccc4c3)nc(-c3ccc(-c4ccccc4)c4ccccc34)n2)cc1. The molecule has 2 heterocycles. The van der Waals surface area contributed by atoms with Gasteiger partial charge in [-0.1, -0.05) is 164 Å². The second-order valence-corrected chi connectivity index (χ2v) is 14.4. The van der Waals surface area contributed by atoms with E-state index in [4.69, 9.17) is 15.0 Å². The summed E-state index contributed by atoms with van der Waals surface area (Å²) in [7, 11) is 0. The number of hydrogen-bond donors (Lipinski definition) is 0. The first-order chi connectivity index (χ1) is 28.2. The lowest BCUT2D eigenvalue weighted by molar-refractivity contribution is 1.08. The fourth-order valence-electron chi connectivity index (χ4n) is 8.27. The maximum absolute atomic E-state index is 5.17. The summed E-state index contributed by atoms with van der Waals surface area (Å²) >= 11 is 0. The molecule has 0 unspecified atom stereocenters. The van der Waals surface area contributed by atoms with Gasteiger partial charge in [-0.2, -0.15) is 0 Å². The summed E-state index contributed by atoms with van der Waals surface area (Å²) in [6.07, 6.45) is 0. The van der Waals surface area contributed by atoms with Crippen molar-refractivity contribution in [2.45, 2.75) is 0 Å². The van der Waals surface area contributed by atoms with Gasteiger partial charge in [0.1, 0.15) is 0 Å². The Kier molecular flexibility index (Phi) is 7.78. The Morgan fingerprint density at radius 2 is 0.737 bits per heavy atom. The van der Waals surface area contributed by atoms with Gasteiger partial charge in [-0.25, -0.2) is 15.0 Å². The van der Waals surface area contributed by atoms with Crippen LogP contribution < -0.4 is 0 Å². The van der Waals surface area contributed by atoms with E-state index in [9.17, 15) is 0 Å². The van der Waals surface area contributed by atoms with E-state index in [1.807, 2.05) is 18.2 Å². The van der Waals surface area contributed by atoms with Crippen molar-refractivity contribution in [3.05, 3.63) is 206 Å². The Balaban J connectivity index is 0.972. The Labute approximate surface area is 330 Å². The van der Waals surface area contributed by atoms with Crippen LogP contribution in [-0.2, 0) is 0 Å². The Bertz CT molecular complexity index is 3220. The molecule has 0 atom stereocenters. The van der Waals surface area contributed by atoms with Crippen molar-refractivity contribution in [3.8, 4) is 62.1 Å². The topological polar surface area (TPSA) is 43.6 Å². The molecule has 9 aromatic carbocycles. The zero-order valence-electron chi connectivity index (χ0n) is 30.9. The zero-order chi connectivity index (χ0) is 37.7. The molecule has 11 aromatic rings. The predicted molar refractivity (Wildman–Crippen MR) is 236 cm³/mol. The van der Waals surface area contributed by atoms with Crippen molar-refractivity contribution in [2.24, 2.45) is 0 Å². The van der Waals surface area contributed by atoms with Crippen LogP contribution >= 0.6 is 0 Å². The molecule has 0 aliphatic carbocycles. The Morgan fingerprint density at radius 1 is 0.281 bits per heavy atom. The van der Waals surface area contributed by atoms with E-state index in [1.165, 1.54) is 44.1 Å². The molecule has 4 nitrogen and oxygen atoms in total. The molecule has 4 heteroatoms. The molecule has 0 radical (unpaired) electrons. The lowest BCUT2D eigenvalue weighted by atomic mass is 9.94. The first kappa shape index (κ1) is 32.7. The highest BCUT2D eigenvalue weighted by Crippen LogP contribution is 2.37. The first-order valence-corrected chi connectivity index (χ1v) is 19.3. The van der Waals surface area contributed by atoms with Gasteiger partial charge in [-0.05, 0) is 86.3 Å². The largest absolute Gasteiger partial charge is 0.309 e. The number of rotatable bonds is 6. The van der Waals surface area contributed by atoms with Crippen molar-refractivity contribution in [3.63, 3.8) is 0 Å². The smallest absolute Gasteiger partial charge is 0.164 e. The van der Waals surface area contributed by atoms with Gasteiger partial charge in [0, 0.05) is 33.2 Å². The van der Waals surface area contributed by atoms with Gasteiger partial charge < -0.3 is 4.57 Å². The van der Waals surface area contributed by atoms with Gasteiger partial charge >= 0.3 is 0 Å². The number of para-hydroxylation sites is 2. The van der Waals surface area contributed by atoms with E-state index in [0.717, 1.165) is 43.9 Å². The van der Waals surface area contributed by atoms with Crippen molar-refractivity contribution >= 4 is 43.4 Å². The van der Waals surface area contributed by atoms with Crippen molar-refractivity contribution < 1.29 is 0 Å². The standard InChI is InChI=1S/C53H34N4/c1-3-13-36(14-4-1)43-31-32-48(45-18-8-7-17-44(43)45)53-55-51(37-15-5-2-6-16-37)54-52(56-53)41-26-25-39-33-38(23-24-40(39)34-41)35-27-29-42(30-28-35)57-49-21-11-9-19-46(49)47-20-10-12-22-50(47)57/h1-34H. The molecule has 266 valence electrons. The molecule has 0 bridgehead atoms. The van der Waals surface area contributed by atoms with Crippen LogP contribution in [0.5, 0.6) is 0 Å². The molecule has 57 heavy (non-hydrogen) atoms. The molecule has 11 rings (SSSR count). The van der Waals surface area contributed by atoms with Crippen LogP contribution in [0.15, 0.2) is 206 Å².